The molecule has 0 saturated heterocycles. The number of hydrogen-bond acceptors (Lipinski definition) is 4. The normalized spacial score (nSPS) is 13.3. The number of nitrogens with one attached hydrogen (secondary N) is 1. The molecule has 0 amide bonds. The zero-order valence-corrected chi connectivity index (χ0v) is 13.7. The van der Waals surface area contributed by atoms with Gasteiger partial charge in [0, 0.05) is 13.2 Å². The van der Waals surface area contributed by atoms with Gasteiger partial charge >= 0.3 is 0 Å². The summed E-state index contributed by atoms with van der Waals surface area (Å²) in [6, 6.07) is 4.63. The van der Waals surface area contributed by atoms with Gasteiger partial charge < -0.3 is 9.84 Å². The lowest BCUT2D eigenvalue weighted by Gasteiger charge is -2.18. The Hall–Kier alpha value is -0.950. The second kappa shape index (κ2) is 8.48. The molecule has 0 aliphatic carbocycles. The van der Waals surface area contributed by atoms with Crippen molar-refractivity contribution in [3.63, 3.8) is 0 Å². The van der Waals surface area contributed by atoms with E-state index < -0.39 is 10.0 Å². The Balaban J connectivity index is 3.01. The Labute approximate surface area is 127 Å². The van der Waals surface area contributed by atoms with Crippen molar-refractivity contribution in [2.45, 2.75) is 50.7 Å². The predicted molar refractivity (Wildman–Crippen MR) is 82.6 cm³/mol. The van der Waals surface area contributed by atoms with Crippen LogP contribution in [0.3, 0.4) is 0 Å². The van der Waals surface area contributed by atoms with Crippen LogP contribution in [-0.4, -0.2) is 33.3 Å². The number of rotatable bonds is 9. The molecule has 6 heteroatoms. The lowest BCUT2D eigenvalue weighted by atomic mass is 10.1. The maximum absolute atomic E-state index is 12.4. The van der Waals surface area contributed by atoms with E-state index in [1.165, 1.54) is 6.07 Å². The van der Waals surface area contributed by atoms with Crippen molar-refractivity contribution < 1.29 is 18.3 Å². The number of hydrogen-bond donors (Lipinski definition) is 2. The summed E-state index contributed by atoms with van der Waals surface area (Å²) in [6.07, 6.45) is 2.34. The van der Waals surface area contributed by atoms with Crippen LogP contribution < -0.4 is 4.72 Å². The molecule has 0 saturated carbocycles. The first-order chi connectivity index (χ1) is 9.98. The Morgan fingerprint density at radius 1 is 1.29 bits per heavy atom. The zero-order chi connectivity index (χ0) is 15.9. The molecule has 1 rings (SSSR count). The summed E-state index contributed by atoms with van der Waals surface area (Å²) in [5.74, 6) is 0. The van der Waals surface area contributed by atoms with E-state index >= 15 is 0 Å². The highest BCUT2D eigenvalue weighted by Gasteiger charge is 2.20. The number of aliphatic hydroxyl groups is 1. The van der Waals surface area contributed by atoms with Crippen LogP contribution in [0, 0.1) is 0 Å². The molecule has 1 unspecified atom stereocenters. The van der Waals surface area contributed by atoms with E-state index in [2.05, 4.69) is 4.72 Å². The third-order valence-electron chi connectivity index (χ3n) is 3.37. The zero-order valence-electron chi connectivity index (χ0n) is 12.9. The summed E-state index contributed by atoms with van der Waals surface area (Å²) in [6.45, 7) is 4.14. The lowest BCUT2D eigenvalue weighted by Crippen LogP contribution is -2.37. The van der Waals surface area contributed by atoms with Gasteiger partial charge in [0.1, 0.15) is 0 Å². The van der Waals surface area contributed by atoms with Crippen LogP contribution in [0.15, 0.2) is 23.1 Å². The van der Waals surface area contributed by atoms with Crippen molar-refractivity contribution >= 4 is 10.0 Å². The summed E-state index contributed by atoms with van der Waals surface area (Å²) in [7, 11) is -2.05. The largest absolute Gasteiger partial charge is 0.392 e. The van der Waals surface area contributed by atoms with Gasteiger partial charge in [-0.25, -0.2) is 13.1 Å². The van der Waals surface area contributed by atoms with E-state index in [9.17, 15) is 13.5 Å². The first-order valence-electron chi connectivity index (χ1n) is 7.22. The third kappa shape index (κ3) is 5.07. The average molecular weight is 315 g/mol. The second-order valence-corrected chi connectivity index (χ2v) is 6.72. The van der Waals surface area contributed by atoms with Crippen LogP contribution >= 0.6 is 0 Å². The molecule has 1 aromatic carbocycles. The number of sulfonamides is 1. The third-order valence-corrected chi connectivity index (χ3v) is 4.88. The van der Waals surface area contributed by atoms with Crippen LogP contribution in [0.2, 0.25) is 0 Å². The molecule has 0 aliphatic heterocycles. The molecule has 21 heavy (non-hydrogen) atoms. The minimum atomic E-state index is -3.60. The van der Waals surface area contributed by atoms with Gasteiger partial charge in [0.25, 0.3) is 0 Å². The van der Waals surface area contributed by atoms with Crippen LogP contribution in [0.25, 0.3) is 0 Å². The Morgan fingerprint density at radius 3 is 2.52 bits per heavy atom. The van der Waals surface area contributed by atoms with E-state index in [1.54, 1.807) is 19.2 Å². The topological polar surface area (TPSA) is 75.6 Å². The molecule has 1 aromatic rings. The summed E-state index contributed by atoms with van der Waals surface area (Å²) in [4.78, 5) is 0.181. The lowest BCUT2D eigenvalue weighted by molar-refractivity contribution is 0.171. The van der Waals surface area contributed by atoms with Crippen molar-refractivity contribution in [3.8, 4) is 0 Å². The molecule has 2 N–H and O–H groups in total. The van der Waals surface area contributed by atoms with Gasteiger partial charge in [-0.15, -0.1) is 0 Å². The summed E-state index contributed by atoms with van der Waals surface area (Å²) < 4.78 is 32.5. The molecule has 5 nitrogen and oxygen atoms in total. The smallest absolute Gasteiger partial charge is 0.240 e. The van der Waals surface area contributed by atoms with Crippen LogP contribution in [0.4, 0.5) is 0 Å². The molecule has 0 radical (unpaired) electrons. The highest BCUT2D eigenvalue weighted by atomic mass is 32.2. The average Bonchev–Trinajstić information content (AvgIpc) is 2.46. The maximum Gasteiger partial charge on any atom is 0.240 e. The molecular weight excluding hydrogens is 290 g/mol. The summed E-state index contributed by atoms with van der Waals surface area (Å²) >= 11 is 0. The van der Waals surface area contributed by atoms with Crippen molar-refractivity contribution in [1.82, 2.24) is 4.72 Å². The van der Waals surface area contributed by atoms with E-state index in [0.29, 0.717) is 18.6 Å². The monoisotopic (exact) mass is 315 g/mol. The fourth-order valence-electron chi connectivity index (χ4n) is 2.27. The van der Waals surface area contributed by atoms with Gasteiger partial charge in [0.05, 0.1) is 18.1 Å². The number of aliphatic hydroxyl groups excluding tert-OH is 1. The Kier molecular flexibility index (Phi) is 7.31. The van der Waals surface area contributed by atoms with Crippen molar-refractivity contribution in [1.29, 1.82) is 0 Å². The standard InChI is InChI=1S/C15H25NO4S/c1-4-6-14(11-20-3)16-21(18,19)15-8-7-12(5-2)13(9-15)10-17/h7-9,14,16-17H,4-6,10-11H2,1-3H3. The second-order valence-electron chi connectivity index (χ2n) is 5.00. The number of aryl methyl sites for hydroxylation is 1. The molecule has 0 spiro atoms. The molecule has 120 valence electrons. The quantitative estimate of drug-likeness (QED) is 0.729. The molecule has 0 aromatic heterocycles. The Bertz CT molecular complexity index is 537. The first kappa shape index (κ1) is 18.1. The highest BCUT2D eigenvalue weighted by molar-refractivity contribution is 7.89. The van der Waals surface area contributed by atoms with Crippen LogP contribution in [0.5, 0.6) is 0 Å². The van der Waals surface area contributed by atoms with Crippen molar-refractivity contribution in [2.75, 3.05) is 13.7 Å². The van der Waals surface area contributed by atoms with Gasteiger partial charge in [-0.2, -0.15) is 0 Å². The number of methoxy groups -OCH3 is 1. The van der Waals surface area contributed by atoms with E-state index in [4.69, 9.17) is 4.74 Å². The van der Waals surface area contributed by atoms with E-state index in [1.807, 2.05) is 13.8 Å². The van der Waals surface area contributed by atoms with Crippen molar-refractivity contribution in [2.24, 2.45) is 0 Å². The van der Waals surface area contributed by atoms with Crippen LogP contribution in [0.1, 0.15) is 37.8 Å². The predicted octanol–water partition coefficient (Wildman–Crippen LogP) is 1.83. The van der Waals surface area contributed by atoms with E-state index in [-0.39, 0.29) is 17.5 Å². The molecular formula is C15H25NO4S. The molecule has 0 fully saturated rings. The minimum Gasteiger partial charge on any atom is -0.392 e. The fourth-order valence-corrected chi connectivity index (χ4v) is 3.58. The number of ether oxygens (including phenoxy) is 1. The molecule has 0 aliphatic rings. The van der Waals surface area contributed by atoms with Gasteiger partial charge in [-0.05, 0) is 36.1 Å². The first-order valence-corrected chi connectivity index (χ1v) is 8.70. The maximum atomic E-state index is 12.4. The van der Waals surface area contributed by atoms with Gasteiger partial charge in [-0.3, -0.25) is 0 Å². The SMILES string of the molecule is CCCC(COC)NS(=O)(=O)c1ccc(CC)c(CO)c1. The summed E-state index contributed by atoms with van der Waals surface area (Å²) in [5.41, 5.74) is 1.61. The Morgan fingerprint density at radius 2 is 2.00 bits per heavy atom. The minimum absolute atomic E-state index is 0.164. The van der Waals surface area contributed by atoms with E-state index in [0.717, 1.165) is 18.4 Å². The summed E-state index contributed by atoms with van der Waals surface area (Å²) in [5, 5.41) is 9.35. The molecule has 1 atom stereocenters. The highest BCUT2D eigenvalue weighted by Crippen LogP contribution is 2.17. The van der Waals surface area contributed by atoms with Gasteiger partial charge in [0.2, 0.25) is 10.0 Å². The van der Waals surface area contributed by atoms with Crippen LogP contribution in [-0.2, 0) is 27.8 Å². The molecule has 0 heterocycles. The van der Waals surface area contributed by atoms with Gasteiger partial charge in [-0.1, -0.05) is 26.3 Å². The van der Waals surface area contributed by atoms with Crippen molar-refractivity contribution in [3.05, 3.63) is 29.3 Å². The molecule has 0 bridgehead atoms. The fraction of sp³-hybridized carbons (Fsp3) is 0.600. The number of benzene rings is 1. The van der Waals surface area contributed by atoms with Gasteiger partial charge in [0.15, 0.2) is 0 Å².